The largest absolute Gasteiger partial charge is 0.481 e. The van der Waals surface area contributed by atoms with Crippen LogP contribution in [0.15, 0.2) is 0 Å². The third-order valence-electron chi connectivity index (χ3n) is 2.95. The molecule has 3 nitrogen and oxygen atoms in total. The maximum atomic E-state index is 10.5. The summed E-state index contributed by atoms with van der Waals surface area (Å²) in [5.74, 6) is 0.796. The van der Waals surface area contributed by atoms with Gasteiger partial charge >= 0.3 is 5.97 Å². The van der Waals surface area contributed by atoms with E-state index in [9.17, 15) is 4.79 Å². The number of carboxylic acid groups (broad SMARTS) is 1. The molecule has 0 aromatic carbocycles. The van der Waals surface area contributed by atoms with Crippen LogP contribution in [-0.4, -0.2) is 34.7 Å². The van der Waals surface area contributed by atoms with Crippen molar-refractivity contribution >= 4 is 17.7 Å². The van der Waals surface area contributed by atoms with E-state index >= 15 is 0 Å². The zero-order chi connectivity index (χ0) is 9.31. The highest BCUT2D eigenvalue weighted by atomic mass is 32.2. The summed E-state index contributed by atoms with van der Waals surface area (Å²) in [6, 6.07) is 0. The first-order chi connectivity index (χ1) is 6.20. The summed E-state index contributed by atoms with van der Waals surface area (Å²) >= 11 is 1.98. The number of rotatable bonds is 2. The quantitative estimate of drug-likeness (QED) is 0.698. The van der Waals surface area contributed by atoms with Gasteiger partial charge in [0, 0.05) is 17.7 Å². The molecule has 0 aromatic rings. The van der Waals surface area contributed by atoms with E-state index in [0.29, 0.717) is 17.1 Å². The van der Waals surface area contributed by atoms with Crippen LogP contribution in [-0.2, 0) is 4.79 Å². The molecule has 74 valence electrons. The fraction of sp³-hybridized carbons (Fsp3) is 0.889. The van der Waals surface area contributed by atoms with Crippen molar-refractivity contribution in [2.45, 2.75) is 24.0 Å². The number of nitrogens with one attached hydrogen (secondary N) is 1. The van der Waals surface area contributed by atoms with Crippen molar-refractivity contribution in [1.29, 1.82) is 0 Å². The van der Waals surface area contributed by atoms with Crippen molar-refractivity contribution in [1.82, 2.24) is 5.32 Å². The minimum atomic E-state index is -0.645. The Hall–Kier alpha value is -0.220. The first-order valence-electron chi connectivity index (χ1n) is 4.77. The number of thioether (sulfide) groups is 1. The molecule has 0 bridgehead atoms. The Kier molecular flexibility index (Phi) is 2.51. The first-order valence-corrected chi connectivity index (χ1v) is 5.75. The Balaban J connectivity index is 1.89. The van der Waals surface area contributed by atoms with Gasteiger partial charge in [0.15, 0.2) is 0 Å². The zero-order valence-corrected chi connectivity index (χ0v) is 8.40. The average Bonchev–Trinajstić information content (AvgIpc) is 2.63. The molecule has 0 amide bonds. The molecule has 2 aliphatic heterocycles. The number of carboxylic acids is 1. The fourth-order valence-electron chi connectivity index (χ4n) is 2.33. The Bertz CT molecular complexity index is 214. The third kappa shape index (κ3) is 1.99. The van der Waals surface area contributed by atoms with Gasteiger partial charge in [0.25, 0.3) is 0 Å². The molecule has 2 atom stereocenters. The molecule has 0 radical (unpaired) electrons. The standard InChI is InChI=1S/C9H15NO2S/c11-8(12)3-7-4-9(13-5-7)1-2-10-6-9/h7,10H,1-6H2,(H,11,12). The molecule has 13 heavy (non-hydrogen) atoms. The lowest BCUT2D eigenvalue weighted by molar-refractivity contribution is -0.137. The van der Waals surface area contributed by atoms with E-state index in [0.717, 1.165) is 25.3 Å². The lowest BCUT2D eigenvalue weighted by atomic mass is 9.93. The van der Waals surface area contributed by atoms with Crippen LogP contribution in [0.2, 0.25) is 0 Å². The van der Waals surface area contributed by atoms with Crippen LogP contribution >= 0.6 is 11.8 Å². The molecule has 2 fully saturated rings. The lowest BCUT2D eigenvalue weighted by Gasteiger charge is -2.20. The number of carbonyl (C=O) groups is 1. The average molecular weight is 201 g/mol. The summed E-state index contributed by atoms with van der Waals surface area (Å²) in [7, 11) is 0. The molecule has 0 aliphatic carbocycles. The van der Waals surface area contributed by atoms with Gasteiger partial charge in [-0.3, -0.25) is 4.79 Å². The second kappa shape index (κ2) is 3.50. The SMILES string of the molecule is O=C(O)CC1CSC2(CCNC2)C1. The molecule has 2 rings (SSSR count). The van der Waals surface area contributed by atoms with Gasteiger partial charge in [-0.25, -0.2) is 0 Å². The van der Waals surface area contributed by atoms with E-state index in [1.54, 1.807) is 0 Å². The number of hydrogen-bond donors (Lipinski definition) is 2. The second-order valence-corrected chi connectivity index (χ2v) is 5.58. The van der Waals surface area contributed by atoms with Crippen molar-refractivity contribution in [2.24, 2.45) is 5.92 Å². The van der Waals surface area contributed by atoms with Crippen LogP contribution in [0.3, 0.4) is 0 Å². The van der Waals surface area contributed by atoms with Gasteiger partial charge in [-0.2, -0.15) is 11.8 Å². The van der Waals surface area contributed by atoms with Crippen LogP contribution < -0.4 is 5.32 Å². The predicted octanol–water partition coefficient (Wildman–Crippen LogP) is 0.946. The molecule has 2 saturated heterocycles. The summed E-state index contributed by atoms with van der Waals surface area (Å²) < 4.78 is 0.389. The van der Waals surface area contributed by atoms with E-state index in [2.05, 4.69) is 5.32 Å². The van der Waals surface area contributed by atoms with Crippen LogP contribution in [0, 0.1) is 5.92 Å². The fourth-order valence-corrected chi connectivity index (χ4v) is 3.96. The van der Waals surface area contributed by atoms with Crippen molar-refractivity contribution in [3.63, 3.8) is 0 Å². The van der Waals surface area contributed by atoms with Crippen molar-refractivity contribution in [3.05, 3.63) is 0 Å². The number of hydrogen-bond acceptors (Lipinski definition) is 3. The van der Waals surface area contributed by atoms with E-state index in [1.807, 2.05) is 11.8 Å². The molecule has 1 spiro atoms. The molecule has 0 aromatic heterocycles. The van der Waals surface area contributed by atoms with Crippen molar-refractivity contribution in [2.75, 3.05) is 18.8 Å². The molecular formula is C9H15NO2S. The van der Waals surface area contributed by atoms with Crippen LogP contribution in [0.1, 0.15) is 19.3 Å². The molecule has 2 heterocycles. The zero-order valence-electron chi connectivity index (χ0n) is 7.58. The topological polar surface area (TPSA) is 49.3 Å². The molecule has 2 unspecified atom stereocenters. The van der Waals surface area contributed by atoms with Gasteiger partial charge < -0.3 is 10.4 Å². The van der Waals surface area contributed by atoms with Gasteiger partial charge in [0.2, 0.25) is 0 Å². The minimum Gasteiger partial charge on any atom is -0.481 e. The van der Waals surface area contributed by atoms with Gasteiger partial charge in [-0.15, -0.1) is 0 Å². The summed E-state index contributed by atoms with van der Waals surface area (Å²) in [5, 5.41) is 12.0. The molecule has 2 N–H and O–H groups in total. The predicted molar refractivity (Wildman–Crippen MR) is 53.0 cm³/mol. The smallest absolute Gasteiger partial charge is 0.303 e. The van der Waals surface area contributed by atoms with Crippen LogP contribution in [0.5, 0.6) is 0 Å². The van der Waals surface area contributed by atoms with Crippen LogP contribution in [0.25, 0.3) is 0 Å². The summed E-state index contributed by atoms with van der Waals surface area (Å²) in [6.07, 6.45) is 2.67. The maximum absolute atomic E-state index is 10.5. The number of aliphatic carboxylic acids is 1. The van der Waals surface area contributed by atoms with Gasteiger partial charge in [0.1, 0.15) is 0 Å². The Morgan fingerprint density at radius 3 is 3.15 bits per heavy atom. The highest BCUT2D eigenvalue weighted by molar-refractivity contribution is 8.01. The molecular weight excluding hydrogens is 186 g/mol. The highest BCUT2D eigenvalue weighted by Crippen LogP contribution is 2.46. The summed E-state index contributed by atoms with van der Waals surface area (Å²) in [4.78, 5) is 10.5. The Morgan fingerprint density at radius 1 is 1.69 bits per heavy atom. The maximum Gasteiger partial charge on any atom is 0.303 e. The third-order valence-corrected chi connectivity index (χ3v) is 4.72. The van der Waals surface area contributed by atoms with Crippen LogP contribution in [0.4, 0.5) is 0 Å². The van der Waals surface area contributed by atoms with Crippen molar-refractivity contribution in [3.8, 4) is 0 Å². The van der Waals surface area contributed by atoms with E-state index in [1.165, 1.54) is 6.42 Å². The van der Waals surface area contributed by atoms with E-state index < -0.39 is 5.97 Å². The summed E-state index contributed by atoms with van der Waals surface area (Å²) in [6.45, 7) is 2.18. The molecule has 0 saturated carbocycles. The first kappa shape index (κ1) is 9.34. The highest BCUT2D eigenvalue weighted by Gasteiger charge is 2.42. The lowest BCUT2D eigenvalue weighted by Crippen LogP contribution is -2.25. The Labute approximate surface area is 82.3 Å². The normalized spacial score (nSPS) is 38.6. The van der Waals surface area contributed by atoms with Gasteiger partial charge in [-0.05, 0) is 31.1 Å². The second-order valence-electron chi connectivity index (χ2n) is 4.09. The minimum absolute atomic E-state index is 0.356. The van der Waals surface area contributed by atoms with Gasteiger partial charge in [-0.1, -0.05) is 0 Å². The molecule has 2 aliphatic rings. The van der Waals surface area contributed by atoms with Gasteiger partial charge in [0.05, 0.1) is 0 Å². The van der Waals surface area contributed by atoms with E-state index in [4.69, 9.17) is 5.11 Å². The molecule has 4 heteroatoms. The van der Waals surface area contributed by atoms with E-state index in [-0.39, 0.29) is 0 Å². The summed E-state index contributed by atoms with van der Waals surface area (Å²) in [5.41, 5.74) is 0. The Morgan fingerprint density at radius 2 is 2.54 bits per heavy atom. The van der Waals surface area contributed by atoms with Crippen molar-refractivity contribution < 1.29 is 9.90 Å². The monoisotopic (exact) mass is 201 g/mol.